The third-order valence-electron chi connectivity index (χ3n) is 5.84. The molecule has 3 nitrogen and oxygen atoms in total. The van der Waals surface area contributed by atoms with Crippen molar-refractivity contribution in [1.82, 2.24) is 0 Å². The highest BCUT2D eigenvalue weighted by Crippen LogP contribution is 2.41. The molecule has 0 radical (unpaired) electrons. The lowest BCUT2D eigenvalue weighted by Crippen LogP contribution is -2.46. The van der Waals surface area contributed by atoms with Gasteiger partial charge in [-0.25, -0.2) is 4.99 Å². The zero-order valence-corrected chi connectivity index (χ0v) is 18.0. The molecule has 31 heavy (non-hydrogen) atoms. The molecule has 0 spiro atoms. The first-order valence-electron chi connectivity index (χ1n) is 10.9. The van der Waals surface area contributed by atoms with Gasteiger partial charge < -0.3 is 9.64 Å². The molecule has 0 amide bonds. The van der Waals surface area contributed by atoms with Crippen molar-refractivity contribution in [3.63, 3.8) is 0 Å². The summed E-state index contributed by atoms with van der Waals surface area (Å²) in [5.41, 5.74) is 4.69. The number of ether oxygens (including phenoxy) is 1. The molecule has 1 fully saturated rings. The van der Waals surface area contributed by atoms with Gasteiger partial charge >= 0.3 is 0 Å². The third kappa shape index (κ3) is 3.91. The number of anilines is 1. The van der Waals surface area contributed by atoms with E-state index in [9.17, 15) is 0 Å². The lowest BCUT2D eigenvalue weighted by atomic mass is 9.91. The zero-order chi connectivity index (χ0) is 21.2. The first kappa shape index (κ1) is 19.4. The molecule has 0 aromatic heterocycles. The molecule has 1 heterocycles. The number of hydrogen-bond acceptors (Lipinski definition) is 2. The Kier molecular flexibility index (Phi) is 5.17. The average Bonchev–Trinajstić information content (AvgIpc) is 2.79. The maximum atomic E-state index is 5.64. The fraction of sp³-hybridized carbons (Fsp3) is 0.179. The highest BCUT2D eigenvalue weighted by Gasteiger charge is 2.36. The van der Waals surface area contributed by atoms with E-state index < -0.39 is 0 Å². The standard InChI is InChI=1S/C28H26N2O/c1-3-31-26-16-14-25(15-17-26)30-27(19-28(30)29-24-12-8-20(2)9-13-24)23-11-10-21-6-4-5-7-22(21)18-23/h4-18,27H,3,19H2,1-2H3. The van der Waals surface area contributed by atoms with Crippen molar-refractivity contribution in [2.75, 3.05) is 11.5 Å². The minimum Gasteiger partial charge on any atom is -0.494 e. The van der Waals surface area contributed by atoms with Gasteiger partial charge in [-0.2, -0.15) is 0 Å². The summed E-state index contributed by atoms with van der Waals surface area (Å²) in [4.78, 5) is 7.32. The molecule has 1 atom stereocenters. The molecule has 0 bridgehead atoms. The first-order chi connectivity index (χ1) is 15.2. The van der Waals surface area contributed by atoms with Crippen LogP contribution in [0.4, 0.5) is 11.4 Å². The number of fused-ring (bicyclic) bond motifs is 1. The van der Waals surface area contributed by atoms with Crippen molar-refractivity contribution < 1.29 is 4.74 Å². The van der Waals surface area contributed by atoms with Gasteiger partial charge in [0.1, 0.15) is 11.6 Å². The summed E-state index contributed by atoms with van der Waals surface area (Å²) in [6.07, 6.45) is 0.916. The number of rotatable bonds is 5. The Morgan fingerprint density at radius 1 is 0.871 bits per heavy atom. The average molecular weight is 407 g/mol. The molecule has 1 saturated heterocycles. The minimum absolute atomic E-state index is 0.270. The lowest BCUT2D eigenvalue weighted by molar-refractivity contribution is 0.340. The molecule has 1 aliphatic heterocycles. The van der Waals surface area contributed by atoms with Gasteiger partial charge in [0.25, 0.3) is 0 Å². The van der Waals surface area contributed by atoms with Crippen LogP contribution in [0.15, 0.2) is 96.0 Å². The predicted molar refractivity (Wildman–Crippen MR) is 130 cm³/mol. The summed E-state index contributed by atoms with van der Waals surface area (Å²) in [5.74, 6) is 1.98. The van der Waals surface area contributed by atoms with E-state index in [1.165, 1.54) is 21.9 Å². The Labute approximate surface area is 183 Å². The number of aliphatic imine (C=N–C) groups is 1. The van der Waals surface area contributed by atoms with Gasteiger partial charge in [0.15, 0.2) is 0 Å². The van der Waals surface area contributed by atoms with Crippen LogP contribution in [-0.4, -0.2) is 12.4 Å². The third-order valence-corrected chi connectivity index (χ3v) is 5.84. The van der Waals surface area contributed by atoms with Crippen LogP contribution < -0.4 is 9.64 Å². The van der Waals surface area contributed by atoms with E-state index in [0.29, 0.717) is 6.61 Å². The molecule has 5 rings (SSSR count). The minimum atomic E-state index is 0.270. The van der Waals surface area contributed by atoms with Crippen LogP contribution in [-0.2, 0) is 0 Å². The largest absolute Gasteiger partial charge is 0.494 e. The fourth-order valence-corrected chi connectivity index (χ4v) is 4.18. The highest BCUT2D eigenvalue weighted by molar-refractivity contribution is 6.06. The number of nitrogens with zero attached hydrogens (tertiary/aromatic N) is 2. The Morgan fingerprint density at radius 2 is 1.61 bits per heavy atom. The Bertz CT molecular complexity index is 1230. The van der Waals surface area contributed by atoms with E-state index in [2.05, 4.69) is 90.7 Å². The smallest absolute Gasteiger partial charge is 0.119 e. The molecule has 1 aliphatic rings. The summed E-state index contributed by atoms with van der Waals surface area (Å²) < 4.78 is 5.64. The van der Waals surface area contributed by atoms with Crippen LogP contribution in [0.3, 0.4) is 0 Å². The molecular weight excluding hydrogens is 380 g/mol. The van der Waals surface area contributed by atoms with E-state index >= 15 is 0 Å². The van der Waals surface area contributed by atoms with Crippen molar-refractivity contribution in [2.24, 2.45) is 4.99 Å². The second-order valence-corrected chi connectivity index (χ2v) is 7.99. The number of hydrogen-bond donors (Lipinski definition) is 0. The molecule has 3 heteroatoms. The van der Waals surface area contributed by atoms with Gasteiger partial charge in [-0.05, 0) is 72.6 Å². The summed E-state index contributed by atoms with van der Waals surface area (Å²) in [6, 6.07) is 32.3. The van der Waals surface area contributed by atoms with Crippen molar-refractivity contribution in [1.29, 1.82) is 0 Å². The molecule has 4 aromatic carbocycles. The summed E-state index contributed by atoms with van der Waals surface area (Å²) in [7, 11) is 0. The Morgan fingerprint density at radius 3 is 2.35 bits per heavy atom. The predicted octanol–water partition coefficient (Wildman–Crippen LogP) is 7.23. The molecule has 0 aliphatic carbocycles. The van der Waals surface area contributed by atoms with Crippen LogP contribution in [0.5, 0.6) is 5.75 Å². The van der Waals surface area contributed by atoms with Gasteiger partial charge in [-0.1, -0.05) is 54.1 Å². The van der Waals surface area contributed by atoms with Crippen molar-refractivity contribution >= 4 is 28.0 Å². The van der Waals surface area contributed by atoms with Gasteiger partial charge in [0.2, 0.25) is 0 Å². The molecule has 0 saturated carbocycles. The van der Waals surface area contributed by atoms with Crippen molar-refractivity contribution in [3.05, 3.63) is 102 Å². The molecule has 4 aromatic rings. The highest BCUT2D eigenvalue weighted by atomic mass is 16.5. The van der Waals surface area contributed by atoms with Crippen LogP contribution in [0.2, 0.25) is 0 Å². The van der Waals surface area contributed by atoms with Crippen molar-refractivity contribution in [2.45, 2.75) is 26.3 Å². The van der Waals surface area contributed by atoms with Crippen LogP contribution >= 0.6 is 0 Å². The monoisotopic (exact) mass is 406 g/mol. The molecule has 0 N–H and O–H groups in total. The number of aryl methyl sites for hydroxylation is 1. The normalized spacial score (nSPS) is 17.0. The van der Waals surface area contributed by atoms with E-state index in [1.54, 1.807) is 0 Å². The number of amidine groups is 1. The van der Waals surface area contributed by atoms with Crippen LogP contribution in [0.25, 0.3) is 10.8 Å². The molecule has 154 valence electrons. The molecular formula is C28H26N2O. The Balaban J connectivity index is 1.51. The topological polar surface area (TPSA) is 24.8 Å². The van der Waals surface area contributed by atoms with Gasteiger partial charge in [-0.15, -0.1) is 0 Å². The maximum absolute atomic E-state index is 5.64. The van der Waals surface area contributed by atoms with Gasteiger partial charge in [0, 0.05) is 12.1 Å². The Hall–Kier alpha value is -3.59. The lowest BCUT2D eigenvalue weighted by Gasteiger charge is -2.44. The molecule has 1 unspecified atom stereocenters. The second-order valence-electron chi connectivity index (χ2n) is 7.99. The van der Waals surface area contributed by atoms with E-state index in [-0.39, 0.29) is 6.04 Å². The van der Waals surface area contributed by atoms with Gasteiger partial charge in [-0.3, -0.25) is 0 Å². The maximum Gasteiger partial charge on any atom is 0.119 e. The van der Waals surface area contributed by atoms with Crippen LogP contribution in [0.1, 0.15) is 30.5 Å². The summed E-state index contributed by atoms with van der Waals surface area (Å²) in [6.45, 7) is 4.77. The quantitative estimate of drug-likeness (QED) is 0.349. The first-order valence-corrected chi connectivity index (χ1v) is 10.9. The second kappa shape index (κ2) is 8.27. The zero-order valence-electron chi connectivity index (χ0n) is 18.0. The van der Waals surface area contributed by atoms with Crippen molar-refractivity contribution in [3.8, 4) is 5.75 Å². The van der Waals surface area contributed by atoms with E-state index in [1.807, 2.05) is 19.1 Å². The summed E-state index contributed by atoms with van der Waals surface area (Å²) in [5, 5.41) is 2.54. The number of benzene rings is 4. The summed E-state index contributed by atoms with van der Waals surface area (Å²) >= 11 is 0. The fourth-order valence-electron chi connectivity index (χ4n) is 4.18. The van der Waals surface area contributed by atoms with E-state index in [0.717, 1.165) is 29.4 Å². The van der Waals surface area contributed by atoms with Gasteiger partial charge in [0.05, 0.1) is 18.3 Å². The SMILES string of the molecule is CCOc1ccc(N2C(=Nc3ccc(C)cc3)CC2c2ccc3ccccc3c2)cc1. The van der Waals surface area contributed by atoms with E-state index in [4.69, 9.17) is 9.73 Å². The van der Waals surface area contributed by atoms with Crippen LogP contribution in [0, 0.1) is 6.92 Å².